The van der Waals surface area contributed by atoms with Crippen LogP contribution >= 0.6 is 0 Å². The van der Waals surface area contributed by atoms with Crippen molar-refractivity contribution in [2.24, 2.45) is 0 Å². The molecule has 0 aromatic heterocycles. The SMILES string of the molecule is O=CO.[Li][CH2]CCC. The Morgan fingerprint density at radius 1 is 1.75 bits per heavy atom. The minimum atomic E-state index is -0.250. The van der Waals surface area contributed by atoms with Crippen LogP contribution in [0.15, 0.2) is 0 Å². The van der Waals surface area contributed by atoms with Crippen molar-refractivity contribution >= 4 is 24.2 Å². The summed E-state index contributed by atoms with van der Waals surface area (Å²) >= 11 is 2.21. The number of carboxylic acid groups (broad SMARTS) is 1. The second-order valence-electron chi connectivity index (χ2n) is 1.46. The summed E-state index contributed by atoms with van der Waals surface area (Å²) in [6.45, 7) is 1.96. The Morgan fingerprint density at radius 2 is 2.12 bits per heavy atom. The van der Waals surface area contributed by atoms with Gasteiger partial charge in [-0.1, -0.05) is 0 Å². The van der Waals surface area contributed by atoms with Crippen LogP contribution in [0.2, 0.25) is 5.09 Å². The van der Waals surface area contributed by atoms with Gasteiger partial charge in [-0.05, 0) is 0 Å². The van der Waals surface area contributed by atoms with Crippen molar-refractivity contribution in [2.45, 2.75) is 24.9 Å². The molecular formula is C5H11LiO2. The molecule has 0 radical (unpaired) electrons. The maximum atomic E-state index is 8.36. The van der Waals surface area contributed by atoms with Crippen LogP contribution in [0.4, 0.5) is 0 Å². The molecular weight excluding hydrogens is 99.0 g/mol. The number of carbonyl (C=O) groups is 1. The van der Waals surface area contributed by atoms with Crippen molar-refractivity contribution < 1.29 is 9.90 Å². The number of rotatable bonds is 2. The van der Waals surface area contributed by atoms with E-state index in [4.69, 9.17) is 9.90 Å². The second-order valence-corrected chi connectivity index (χ2v) is 1.46. The van der Waals surface area contributed by atoms with Gasteiger partial charge in [0.2, 0.25) is 0 Å². The summed E-state index contributed by atoms with van der Waals surface area (Å²) in [5, 5.41) is 8.23. The summed E-state index contributed by atoms with van der Waals surface area (Å²) in [7, 11) is 0. The van der Waals surface area contributed by atoms with Crippen LogP contribution in [-0.2, 0) is 4.79 Å². The summed E-state index contributed by atoms with van der Waals surface area (Å²) in [6.07, 6.45) is 2.73. The van der Waals surface area contributed by atoms with E-state index in [-0.39, 0.29) is 6.47 Å². The van der Waals surface area contributed by atoms with Crippen molar-refractivity contribution in [3.63, 3.8) is 0 Å². The fourth-order valence-electron chi connectivity index (χ4n) is 0.354. The van der Waals surface area contributed by atoms with Crippen LogP contribution < -0.4 is 0 Å². The van der Waals surface area contributed by atoms with Crippen molar-refractivity contribution in [3.8, 4) is 0 Å². The Balaban J connectivity index is 0. The molecule has 0 heterocycles. The summed E-state index contributed by atoms with van der Waals surface area (Å²) in [4.78, 5) is 8.36. The second kappa shape index (κ2) is 15.7. The van der Waals surface area contributed by atoms with Gasteiger partial charge in [0.05, 0.1) is 0 Å². The molecule has 2 nitrogen and oxygen atoms in total. The van der Waals surface area contributed by atoms with Crippen molar-refractivity contribution in [1.82, 2.24) is 0 Å². The first-order chi connectivity index (χ1) is 3.83. The first-order valence-electron chi connectivity index (χ1n) is 2.91. The monoisotopic (exact) mass is 110 g/mol. The van der Waals surface area contributed by atoms with Crippen LogP contribution in [0.3, 0.4) is 0 Å². The molecule has 0 aliphatic carbocycles. The summed E-state index contributed by atoms with van der Waals surface area (Å²) in [6, 6.07) is 0. The normalized spacial score (nSPS) is 6.88. The number of unbranched alkanes of at least 4 members (excludes halogenated alkanes) is 1. The fraction of sp³-hybridized carbons (Fsp3) is 0.800. The predicted octanol–water partition coefficient (Wildman–Crippen LogP) is 1.07. The third-order valence-electron chi connectivity index (χ3n) is 0.707. The molecule has 1 N–H and O–H groups in total. The zero-order valence-electron chi connectivity index (χ0n) is 5.55. The van der Waals surface area contributed by atoms with Crippen LogP contribution in [0.25, 0.3) is 0 Å². The third kappa shape index (κ3) is 36.5. The van der Waals surface area contributed by atoms with E-state index in [2.05, 4.69) is 24.6 Å². The van der Waals surface area contributed by atoms with Crippen LogP contribution in [0.5, 0.6) is 0 Å². The minimum absolute atomic E-state index is 0.250. The molecule has 0 fully saturated rings. The van der Waals surface area contributed by atoms with E-state index in [9.17, 15) is 0 Å². The average Bonchev–Trinajstić information content (AvgIpc) is 1.71. The van der Waals surface area contributed by atoms with E-state index in [1.54, 1.807) is 0 Å². The molecule has 3 heteroatoms. The third-order valence-corrected chi connectivity index (χ3v) is 0.707. The molecule has 0 bridgehead atoms. The van der Waals surface area contributed by atoms with Gasteiger partial charge in [0.1, 0.15) is 0 Å². The molecule has 0 saturated heterocycles. The van der Waals surface area contributed by atoms with E-state index in [1.165, 1.54) is 17.9 Å². The standard InChI is InChI=1S/C4H9.CH2O2.Li/c1-3-4-2;2-1-3;/h1,3-4H2,2H3;1H,(H,2,3);. The van der Waals surface area contributed by atoms with E-state index in [1.807, 2.05) is 0 Å². The van der Waals surface area contributed by atoms with Gasteiger partial charge >= 0.3 is 42.6 Å². The van der Waals surface area contributed by atoms with Crippen molar-refractivity contribution in [3.05, 3.63) is 0 Å². The van der Waals surface area contributed by atoms with Gasteiger partial charge in [-0.15, -0.1) is 0 Å². The topological polar surface area (TPSA) is 37.3 Å². The first kappa shape index (κ1) is 10.9. The molecule has 0 rings (SSSR count). The Kier molecular flexibility index (Phi) is 21.5. The molecule has 0 aliphatic rings. The zero-order chi connectivity index (χ0) is 6.83. The molecule has 0 spiro atoms. The van der Waals surface area contributed by atoms with Gasteiger partial charge in [-0.2, -0.15) is 0 Å². The Morgan fingerprint density at radius 3 is 2.12 bits per heavy atom. The quantitative estimate of drug-likeness (QED) is 0.426. The Labute approximate surface area is 59.5 Å². The fourth-order valence-corrected chi connectivity index (χ4v) is 0.354. The molecule has 0 amide bonds. The molecule has 0 unspecified atom stereocenters. The summed E-state index contributed by atoms with van der Waals surface area (Å²) in [5.74, 6) is 0. The molecule has 0 atom stereocenters. The zero-order valence-corrected chi connectivity index (χ0v) is 5.55. The van der Waals surface area contributed by atoms with E-state index < -0.39 is 0 Å². The summed E-state index contributed by atoms with van der Waals surface area (Å²) < 4.78 is 0. The average molecular weight is 110 g/mol. The number of hydrogen-bond donors (Lipinski definition) is 1. The maximum absolute atomic E-state index is 8.36. The van der Waals surface area contributed by atoms with Crippen molar-refractivity contribution in [1.29, 1.82) is 0 Å². The Bertz CT molecular complexity index is 37.4. The van der Waals surface area contributed by atoms with Gasteiger partial charge in [-0.25, -0.2) is 0 Å². The van der Waals surface area contributed by atoms with Crippen LogP contribution in [-0.4, -0.2) is 29.3 Å². The van der Waals surface area contributed by atoms with E-state index >= 15 is 0 Å². The van der Waals surface area contributed by atoms with Gasteiger partial charge in [0.25, 0.3) is 6.47 Å². The van der Waals surface area contributed by atoms with Crippen LogP contribution in [0.1, 0.15) is 19.8 Å². The molecule has 8 heavy (non-hydrogen) atoms. The van der Waals surface area contributed by atoms with Crippen LogP contribution in [0, 0.1) is 0 Å². The van der Waals surface area contributed by atoms with Gasteiger partial charge in [0, 0.05) is 0 Å². The van der Waals surface area contributed by atoms with Crippen molar-refractivity contribution in [2.75, 3.05) is 0 Å². The summed E-state index contributed by atoms with van der Waals surface area (Å²) in [5.41, 5.74) is 0. The van der Waals surface area contributed by atoms with Gasteiger partial charge < -0.3 is 5.11 Å². The molecule has 0 aromatic rings. The first-order valence-corrected chi connectivity index (χ1v) is 2.91. The molecule has 0 saturated carbocycles. The van der Waals surface area contributed by atoms with Gasteiger partial charge in [-0.3, -0.25) is 4.79 Å². The predicted molar refractivity (Wildman–Crippen MR) is 34.2 cm³/mol. The van der Waals surface area contributed by atoms with E-state index in [0.717, 1.165) is 0 Å². The molecule has 0 aromatic carbocycles. The van der Waals surface area contributed by atoms with Gasteiger partial charge in [0.15, 0.2) is 0 Å². The molecule has 0 aliphatic heterocycles. The Hall–Kier alpha value is 0.0674. The number of hydrogen-bond acceptors (Lipinski definition) is 1. The van der Waals surface area contributed by atoms with E-state index in [0.29, 0.717) is 0 Å². The molecule has 44 valence electrons.